The molecule has 1 aromatic heterocycles. The monoisotopic (exact) mass is 418 g/mol. The fraction of sp³-hybridized carbons (Fsp3) is 0.0455. The minimum absolute atomic E-state index is 0.108. The van der Waals surface area contributed by atoms with Gasteiger partial charge in [-0.15, -0.1) is 0 Å². The van der Waals surface area contributed by atoms with Crippen molar-refractivity contribution >= 4 is 38.3 Å². The number of halogens is 1. The zero-order chi connectivity index (χ0) is 18.8. The van der Waals surface area contributed by atoms with E-state index in [1.54, 1.807) is 16.9 Å². The molecule has 5 heteroatoms. The molecule has 4 nitrogen and oxygen atoms in total. The van der Waals surface area contributed by atoms with Crippen LogP contribution in [0.5, 0.6) is 0 Å². The van der Waals surface area contributed by atoms with E-state index >= 15 is 0 Å². The molecule has 132 valence electrons. The standard InChI is InChI=1S/C22H15BrN2O2/c23-13-20(26)21-19(14-25(24-21)18-8-2-1-3-9-18)22(27)17-11-10-15-6-4-5-7-16(15)12-17/h1-12,14H,13H2. The van der Waals surface area contributed by atoms with E-state index in [4.69, 9.17) is 0 Å². The van der Waals surface area contributed by atoms with Gasteiger partial charge in [0.1, 0.15) is 5.69 Å². The van der Waals surface area contributed by atoms with Crippen LogP contribution in [0, 0.1) is 0 Å². The molecule has 27 heavy (non-hydrogen) atoms. The molecule has 0 aliphatic carbocycles. The van der Waals surface area contributed by atoms with Crippen LogP contribution in [-0.2, 0) is 0 Å². The minimum Gasteiger partial charge on any atom is -0.291 e. The van der Waals surface area contributed by atoms with Crippen LogP contribution in [0.15, 0.2) is 79.0 Å². The number of ketones is 2. The Labute approximate surface area is 164 Å². The highest BCUT2D eigenvalue weighted by Crippen LogP contribution is 2.21. The number of nitrogens with zero attached hydrogens (tertiary/aromatic N) is 2. The summed E-state index contributed by atoms with van der Waals surface area (Å²) in [7, 11) is 0. The van der Waals surface area contributed by atoms with Crippen LogP contribution in [0.2, 0.25) is 0 Å². The molecular weight excluding hydrogens is 404 g/mol. The summed E-state index contributed by atoms with van der Waals surface area (Å²) in [6.45, 7) is 0. The van der Waals surface area contributed by atoms with Crippen molar-refractivity contribution in [1.29, 1.82) is 0 Å². The molecule has 0 aliphatic heterocycles. The van der Waals surface area contributed by atoms with E-state index < -0.39 is 0 Å². The van der Waals surface area contributed by atoms with Gasteiger partial charge in [0.05, 0.1) is 16.6 Å². The van der Waals surface area contributed by atoms with Crippen molar-refractivity contribution in [2.24, 2.45) is 0 Å². The lowest BCUT2D eigenvalue weighted by molar-refractivity contribution is 0.0991. The largest absolute Gasteiger partial charge is 0.291 e. The summed E-state index contributed by atoms with van der Waals surface area (Å²) >= 11 is 3.18. The van der Waals surface area contributed by atoms with Crippen molar-refractivity contribution in [3.8, 4) is 5.69 Å². The topological polar surface area (TPSA) is 52.0 Å². The molecule has 1 heterocycles. The number of hydrogen-bond donors (Lipinski definition) is 0. The van der Waals surface area contributed by atoms with Gasteiger partial charge in [0.25, 0.3) is 0 Å². The van der Waals surface area contributed by atoms with Crippen LogP contribution in [0.25, 0.3) is 16.5 Å². The lowest BCUT2D eigenvalue weighted by atomic mass is 9.99. The van der Waals surface area contributed by atoms with Crippen LogP contribution in [0.1, 0.15) is 26.4 Å². The van der Waals surface area contributed by atoms with Crippen LogP contribution >= 0.6 is 15.9 Å². The Morgan fingerprint density at radius 2 is 1.59 bits per heavy atom. The molecule has 3 aromatic carbocycles. The summed E-state index contributed by atoms with van der Waals surface area (Å²) in [5.74, 6) is -0.443. The van der Waals surface area contributed by atoms with Gasteiger partial charge < -0.3 is 0 Å². The van der Waals surface area contributed by atoms with Crippen molar-refractivity contribution in [2.45, 2.75) is 0 Å². The number of carbonyl (C=O) groups excluding carboxylic acids is 2. The van der Waals surface area contributed by atoms with E-state index in [2.05, 4.69) is 21.0 Å². The fourth-order valence-corrected chi connectivity index (χ4v) is 3.27. The molecule has 0 unspecified atom stereocenters. The van der Waals surface area contributed by atoms with Gasteiger partial charge in [0.2, 0.25) is 0 Å². The van der Waals surface area contributed by atoms with Gasteiger partial charge >= 0.3 is 0 Å². The zero-order valence-electron chi connectivity index (χ0n) is 14.3. The van der Waals surface area contributed by atoms with Gasteiger partial charge in [-0.05, 0) is 29.0 Å². The van der Waals surface area contributed by atoms with E-state index in [9.17, 15) is 9.59 Å². The van der Waals surface area contributed by atoms with Crippen LogP contribution in [0.4, 0.5) is 0 Å². The van der Waals surface area contributed by atoms with E-state index in [1.807, 2.05) is 66.7 Å². The Balaban J connectivity index is 1.82. The van der Waals surface area contributed by atoms with Crippen molar-refractivity contribution in [3.63, 3.8) is 0 Å². The maximum atomic E-state index is 13.2. The average molecular weight is 419 g/mol. The van der Waals surface area contributed by atoms with Gasteiger partial charge in [-0.1, -0.05) is 70.5 Å². The first-order valence-electron chi connectivity index (χ1n) is 8.45. The summed E-state index contributed by atoms with van der Waals surface area (Å²) in [5, 5.41) is 6.52. The first kappa shape index (κ1) is 17.4. The molecule has 4 rings (SSSR count). The summed E-state index contributed by atoms with van der Waals surface area (Å²) in [6.07, 6.45) is 1.63. The van der Waals surface area contributed by atoms with Crippen LogP contribution in [0.3, 0.4) is 0 Å². The third-order valence-corrected chi connectivity index (χ3v) is 4.89. The third kappa shape index (κ3) is 3.34. The number of Topliss-reactive ketones (excluding diaryl/α,β-unsaturated/α-hetero) is 1. The highest BCUT2D eigenvalue weighted by Gasteiger charge is 2.23. The second-order valence-corrected chi connectivity index (χ2v) is 6.68. The number of alkyl halides is 1. The number of para-hydroxylation sites is 1. The maximum Gasteiger partial charge on any atom is 0.196 e. The zero-order valence-corrected chi connectivity index (χ0v) is 15.9. The molecule has 4 aromatic rings. The van der Waals surface area contributed by atoms with E-state index in [0.29, 0.717) is 11.1 Å². The summed E-state index contributed by atoms with van der Waals surface area (Å²) in [5.41, 5.74) is 1.80. The Hall–Kier alpha value is -3.05. The third-order valence-electron chi connectivity index (χ3n) is 4.38. The second kappa shape index (κ2) is 7.29. The number of carbonyl (C=O) groups is 2. The molecule has 0 bridgehead atoms. The number of aromatic nitrogens is 2. The van der Waals surface area contributed by atoms with Gasteiger partial charge in [0.15, 0.2) is 11.6 Å². The Bertz CT molecular complexity index is 1150. The highest BCUT2D eigenvalue weighted by atomic mass is 79.9. The number of benzene rings is 3. The van der Waals surface area contributed by atoms with Crippen LogP contribution < -0.4 is 0 Å². The first-order valence-corrected chi connectivity index (χ1v) is 9.57. The highest BCUT2D eigenvalue weighted by molar-refractivity contribution is 9.09. The van der Waals surface area contributed by atoms with Crippen molar-refractivity contribution < 1.29 is 9.59 Å². The molecule has 0 fully saturated rings. The van der Waals surface area contributed by atoms with Gasteiger partial charge in [-0.25, -0.2) is 4.68 Å². The van der Waals surface area contributed by atoms with Crippen molar-refractivity contribution in [2.75, 3.05) is 5.33 Å². The smallest absolute Gasteiger partial charge is 0.196 e. The first-order chi connectivity index (χ1) is 13.2. The van der Waals surface area contributed by atoms with Gasteiger partial charge in [0, 0.05) is 11.8 Å². The Kier molecular flexibility index (Phi) is 4.69. The lowest BCUT2D eigenvalue weighted by Gasteiger charge is -2.03. The van der Waals surface area contributed by atoms with Gasteiger partial charge in [-0.2, -0.15) is 5.10 Å². The average Bonchev–Trinajstić information content (AvgIpc) is 3.18. The molecular formula is C22H15BrN2O2. The molecule has 0 amide bonds. The Morgan fingerprint density at radius 1 is 0.889 bits per heavy atom. The maximum absolute atomic E-state index is 13.2. The summed E-state index contributed by atoms with van der Waals surface area (Å²) in [6, 6.07) is 22.8. The molecule has 0 N–H and O–H groups in total. The van der Waals surface area contributed by atoms with Crippen molar-refractivity contribution in [1.82, 2.24) is 9.78 Å². The summed E-state index contributed by atoms with van der Waals surface area (Å²) in [4.78, 5) is 25.5. The summed E-state index contributed by atoms with van der Waals surface area (Å²) < 4.78 is 1.57. The van der Waals surface area contributed by atoms with E-state index in [1.165, 1.54) is 0 Å². The molecule has 0 saturated heterocycles. The molecule has 0 saturated carbocycles. The van der Waals surface area contributed by atoms with E-state index in [0.717, 1.165) is 16.5 Å². The molecule has 0 radical (unpaired) electrons. The van der Waals surface area contributed by atoms with Crippen LogP contribution in [-0.4, -0.2) is 26.7 Å². The fourth-order valence-electron chi connectivity index (χ4n) is 3.01. The van der Waals surface area contributed by atoms with E-state index in [-0.39, 0.29) is 22.6 Å². The number of rotatable bonds is 5. The molecule has 0 aliphatic rings. The van der Waals surface area contributed by atoms with Gasteiger partial charge in [-0.3, -0.25) is 9.59 Å². The molecule has 0 spiro atoms. The minimum atomic E-state index is -0.228. The predicted octanol–water partition coefficient (Wildman–Crippen LogP) is 4.83. The normalized spacial score (nSPS) is 10.9. The second-order valence-electron chi connectivity index (χ2n) is 6.12. The SMILES string of the molecule is O=C(c1ccc2ccccc2c1)c1cn(-c2ccccc2)nc1C(=O)CBr. The lowest BCUT2D eigenvalue weighted by Crippen LogP contribution is -2.10. The quantitative estimate of drug-likeness (QED) is 0.344. The number of fused-ring (bicyclic) bond motifs is 1. The number of hydrogen-bond acceptors (Lipinski definition) is 3. The van der Waals surface area contributed by atoms with Crippen molar-refractivity contribution in [3.05, 3.63) is 95.8 Å². The molecule has 0 atom stereocenters. The Morgan fingerprint density at radius 3 is 2.33 bits per heavy atom. The predicted molar refractivity (Wildman–Crippen MR) is 109 cm³/mol.